The molecule has 1 aromatic heterocycles. The molecule has 0 saturated heterocycles. The number of benzene rings is 2. The normalized spacial score (nSPS) is 15.8. The lowest BCUT2D eigenvalue weighted by molar-refractivity contribution is -0.116. The molecule has 6 nitrogen and oxygen atoms in total. The molecule has 2 aromatic carbocycles. The van der Waals surface area contributed by atoms with Gasteiger partial charge in [-0.15, -0.1) is 0 Å². The van der Waals surface area contributed by atoms with Crippen molar-refractivity contribution < 1.29 is 9.90 Å². The fourth-order valence-corrected chi connectivity index (χ4v) is 4.30. The van der Waals surface area contributed by atoms with Crippen LogP contribution in [0.2, 0.25) is 0 Å². The highest BCUT2D eigenvalue weighted by Crippen LogP contribution is 2.35. The number of thioether (sulfide) groups is 1. The SMILES string of the molecule is Cc1ccccc1CSc1nc2c(c(=O)[nH]1)[C@H](c1cccc(O)c1)CC(=O)N2. The predicted molar refractivity (Wildman–Crippen MR) is 109 cm³/mol. The Hall–Kier alpha value is -3.06. The van der Waals surface area contributed by atoms with Crippen LogP contribution in [0.3, 0.4) is 0 Å². The van der Waals surface area contributed by atoms with Crippen LogP contribution in [0.25, 0.3) is 0 Å². The zero-order valence-corrected chi connectivity index (χ0v) is 16.0. The number of aromatic hydroxyl groups is 1. The molecule has 0 spiro atoms. The number of amides is 1. The first-order chi connectivity index (χ1) is 13.5. The molecule has 0 saturated carbocycles. The van der Waals surface area contributed by atoms with Crippen molar-refractivity contribution in [1.29, 1.82) is 0 Å². The van der Waals surface area contributed by atoms with E-state index in [4.69, 9.17) is 0 Å². The Bertz CT molecular complexity index is 1110. The Morgan fingerprint density at radius 2 is 2.00 bits per heavy atom. The Morgan fingerprint density at radius 3 is 2.79 bits per heavy atom. The van der Waals surface area contributed by atoms with Crippen molar-refractivity contribution >= 4 is 23.5 Å². The van der Waals surface area contributed by atoms with Gasteiger partial charge in [-0.1, -0.05) is 48.2 Å². The van der Waals surface area contributed by atoms with Gasteiger partial charge in [0.2, 0.25) is 5.91 Å². The van der Waals surface area contributed by atoms with E-state index in [0.717, 1.165) is 5.56 Å². The van der Waals surface area contributed by atoms with Crippen molar-refractivity contribution in [3.05, 3.63) is 81.1 Å². The Morgan fingerprint density at radius 1 is 1.18 bits per heavy atom. The Balaban J connectivity index is 1.67. The van der Waals surface area contributed by atoms with Crippen LogP contribution in [0.5, 0.6) is 5.75 Å². The van der Waals surface area contributed by atoms with E-state index >= 15 is 0 Å². The molecule has 3 aromatic rings. The number of carbonyl (C=O) groups is 1. The maximum atomic E-state index is 12.8. The van der Waals surface area contributed by atoms with E-state index in [1.807, 2.05) is 31.2 Å². The zero-order valence-electron chi connectivity index (χ0n) is 15.2. The molecule has 3 N–H and O–H groups in total. The van der Waals surface area contributed by atoms with Crippen molar-refractivity contribution in [2.45, 2.75) is 30.2 Å². The third kappa shape index (κ3) is 3.66. The molecule has 0 radical (unpaired) electrons. The lowest BCUT2D eigenvalue weighted by Gasteiger charge is -2.24. The third-order valence-corrected chi connectivity index (χ3v) is 5.75. The van der Waals surface area contributed by atoms with Gasteiger partial charge in [-0.05, 0) is 35.7 Å². The highest BCUT2D eigenvalue weighted by Gasteiger charge is 2.31. The molecule has 1 atom stereocenters. The smallest absolute Gasteiger partial charge is 0.257 e. The van der Waals surface area contributed by atoms with E-state index in [0.29, 0.717) is 27.9 Å². The van der Waals surface area contributed by atoms with E-state index in [2.05, 4.69) is 15.3 Å². The Labute approximate surface area is 166 Å². The topological polar surface area (TPSA) is 95.1 Å². The summed E-state index contributed by atoms with van der Waals surface area (Å²) < 4.78 is 0. The van der Waals surface area contributed by atoms with Gasteiger partial charge >= 0.3 is 0 Å². The van der Waals surface area contributed by atoms with E-state index in [1.165, 1.54) is 17.3 Å². The number of rotatable bonds is 4. The molecule has 28 heavy (non-hydrogen) atoms. The molecule has 0 fully saturated rings. The first kappa shape index (κ1) is 18.3. The van der Waals surface area contributed by atoms with Gasteiger partial charge in [0.15, 0.2) is 5.16 Å². The summed E-state index contributed by atoms with van der Waals surface area (Å²) in [5.41, 5.74) is 3.20. The van der Waals surface area contributed by atoms with E-state index in [-0.39, 0.29) is 23.6 Å². The maximum Gasteiger partial charge on any atom is 0.257 e. The van der Waals surface area contributed by atoms with Crippen LogP contribution in [-0.4, -0.2) is 21.0 Å². The third-order valence-electron chi connectivity index (χ3n) is 4.83. The lowest BCUT2D eigenvalue weighted by atomic mass is 9.87. The van der Waals surface area contributed by atoms with Crippen LogP contribution in [0.15, 0.2) is 58.5 Å². The number of carbonyl (C=O) groups excluding carboxylic acids is 1. The van der Waals surface area contributed by atoms with Gasteiger partial charge in [-0.2, -0.15) is 0 Å². The minimum Gasteiger partial charge on any atom is -0.508 e. The van der Waals surface area contributed by atoms with Gasteiger partial charge in [0.1, 0.15) is 11.6 Å². The fraction of sp³-hybridized carbons (Fsp3) is 0.190. The van der Waals surface area contributed by atoms with Crippen molar-refractivity contribution in [2.75, 3.05) is 5.32 Å². The zero-order chi connectivity index (χ0) is 19.7. The number of aromatic amines is 1. The van der Waals surface area contributed by atoms with E-state index in [1.54, 1.807) is 24.3 Å². The molecule has 0 unspecified atom stereocenters. The number of aromatic nitrogens is 2. The number of aryl methyl sites for hydroxylation is 1. The number of nitrogens with zero attached hydrogens (tertiary/aromatic N) is 1. The maximum absolute atomic E-state index is 12.8. The number of nitrogens with one attached hydrogen (secondary N) is 2. The van der Waals surface area contributed by atoms with Gasteiger partial charge in [0.05, 0.1) is 5.56 Å². The van der Waals surface area contributed by atoms with E-state index < -0.39 is 5.92 Å². The quantitative estimate of drug-likeness (QED) is 0.465. The van der Waals surface area contributed by atoms with Gasteiger partial charge in [-0.3, -0.25) is 9.59 Å². The second-order valence-electron chi connectivity index (χ2n) is 6.75. The minimum atomic E-state index is -0.442. The average molecular weight is 393 g/mol. The summed E-state index contributed by atoms with van der Waals surface area (Å²) >= 11 is 1.42. The number of phenolic OH excluding ortho intramolecular Hbond substituents is 1. The first-order valence-corrected chi connectivity index (χ1v) is 9.90. The summed E-state index contributed by atoms with van der Waals surface area (Å²) in [5.74, 6) is 0.412. The molecule has 1 aliphatic rings. The Kier molecular flexibility index (Phi) is 4.92. The molecule has 2 heterocycles. The molecule has 0 aliphatic carbocycles. The highest BCUT2D eigenvalue weighted by molar-refractivity contribution is 7.98. The highest BCUT2D eigenvalue weighted by atomic mass is 32.2. The van der Waals surface area contributed by atoms with Crippen LogP contribution in [0.1, 0.15) is 34.6 Å². The van der Waals surface area contributed by atoms with Gasteiger partial charge in [0, 0.05) is 18.1 Å². The van der Waals surface area contributed by atoms with Gasteiger partial charge in [-0.25, -0.2) is 4.98 Å². The molecule has 1 amide bonds. The molecule has 0 bridgehead atoms. The number of hydrogen-bond donors (Lipinski definition) is 3. The number of hydrogen-bond acceptors (Lipinski definition) is 5. The fourth-order valence-electron chi connectivity index (χ4n) is 3.36. The summed E-state index contributed by atoms with van der Waals surface area (Å²) in [6.45, 7) is 2.04. The van der Waals surface area contributed by atoms with Crippen LogP contribution >= 0.6 is 11.8 Å². The van der Waals surface area contributed by atoms with Crippen LogP contribution in [0, 0.1) is 6.92 Å². The second-order valence-corrected chi connectivity index (χ2v) is 7.71. The summed E-state index contributed by atoms with van der Waals surface area (Å²) in [7, 11) is 0. The van der Waals surface area contributed by atoms with Crippen molar-refractivity contribution in [1.82, 2.24) is 9.97 Å². The largest absolute Gasteiger partial charge is 0.508 e. The molecular formula is C21H19N3O3S. The van der Waals surface area contributed by atoms with Crippen molar-refractivity contribution in [3.63, 3.8) is 0 Å². The number of H-pyrrole nitrogens is 1. The standard InChI is InChI=1S/C21H19N3O3S/c1-12-5-2-3-6-14(12)11-28-21-23-19-18(20(27)24-21)16(10-17(26)22-19)13-7-4-8-15(25)9-13/h2-9,16,25H,10-11H2,1H3,(H2,22,23,24,26,27)/t16-/m0/s1. The van der Waals surface area contributed by atoms with E-state index in [9.17, 15) is 14.7 Å². The minimum absolute atomic E-state index is 0.0971. The predicted octanol–water partition coefficient (Wildman–Crippen LogP) is 3.55. The summed E-state index contributed by atoms with van der Waals surface area (Å²) in [5, 5.41) is 12.9. The number of anilines is 1. The summed E-state index contributed by atoms with van der Waals surface area (Å²) in [4.78, 5) is 32.3. The first-order valence-electron chi connectivity index (χ1n) is 8.91. The second kappa shape index (κ2) is 7.52. The van der Waals surface area contributed by atoms with Gasteiger partial charge in [0.25, 0.3) is 5.56 Å². The van der Waals surface area contributed by atoms with Crippen molar-refractivity contribution in [2.24, 2.45) is 0 Å². The molecule has 1 aliphatic heterocycles. The lowest BCUT2D eigenvalue weighted by Crippen LogP contribution is -2.31. The summed E-state index contributed by atoms with van der Waals surface area (Å²) in [6, 6.07) is 14.7. The van der Waals surface area contributed by atoms with Crippen molar-refractivity contribution in [3.8, 4) is 5.75 Å². The average Bonchev–Trinajstić information content (AvgIpc) is 2.66. The number of phenols is 1. The monoisotopic (exact) mass is 393 g/mol. The van der Waals surface area contributed by atoms with Crippen LogP contribution in [0.4, 0.5) is 5.82 Å². The van der Waals surface area contributed by atoms with Gasteiger partial charge < -0.3 is 15.4 Å². The molecule has 142 valence electrons. The molecule has 4 rings (SSSR count). The molecular weight excluding hydrogens is 374 g/mol. The number of fused-ring (bicyclic) bond motifs is 1. The van der Waals surface area contributed by atoms with Crippen LogP contribution < -0.4 is 10.9 Å². The summed E-state index contributed by atoms with van der Waals surface area (Å²) in [6.07, 6.45) is 0.136. The molecule has 7 heteroatoms. The van der Waals surface area contributed by atoms with Crippen LogP contribution in [-0.2, 0) is 10.5 Å².